The second kappa shape index (κ2) is 10.8. The highest BCUT2D eigenvalue weighted by Gasteiger charge is 2.36. The average molecular weight is 573 g/mol. The molecule has 3 aromatic carbocycles. The Hall–Kier alpha value is -4.00. The summed E-state index contributed by atoms with van der Waals surface area (Å²) < 4.78 is 30.3. The Labute approximate surface area is 226 Å². The van der Waals surface area contributed by atoms with Crippen molar-refractivity contribution < 1.29 is 31.9 Å². The number of nitro benzene ring substituents is 1. The van der Waals surface area contributed by atoms with Crippen molar-refractivity contribution in [3.05, 3.63) is 103 Å². The fourth-order valence-corrected chi connectivity index (χ4v) is 5.31. The van der Waals surface area contributed by atoms with Crippen LogP contribution in [0, 0.1) is 17.0 Å². The monoisotopic (exact) mass is 572 g/mol. The van der Waals surface area contributed by atoms with Crippen LogP contribution < -0.4 is 4.18 Å². The van der Waals surface area contributed by atoms with Gasteiger partial charge in [0.1, 0.15) is 10.6 Å². The average Bonchev–Trinajstić information content (AvgIpc) is 3.12. The predicted octanol–water partition coefficient (Wildman–Crippen LogP) is 5.24. The van der Waals surface area contributed by atoms with Crippen LogP contribution in [-0.4, -0.2) is 41.7 Å². The molecule has 1 fully saturated rings. The molecule has 0 aromatic heterocycles. The summed E-state index contributed by atoms with van der Waals surface area (Å²) in [5, 5.41) is 11.0. The first-order valence-electron chi connectivity index (χ1n) is 10.8. The molecule has 1 saturated heterocycles. The van der Waals surface area contributed by atoms with Crippen LogP contribution in [0.15, 0.2) is 76.5 Å². The summed E-state index contributed by atoms with van der Waals surface area (Å²) in [6.45, 7) is 1.06. The fourth-order valence-electron chi connectivity index (χ4n) is 3.39. The molecule has 0 spiro atoms. The van der Waals surface area contributed by atoms with E-state index in [0.717, 1.165) is 11.0 Å². The number of ketones is 1. The summed E-state index contributed by atoms with van der Waals surface area (Å²) in [6, 6.07) is 15.1. The van der Waals surface area contributed by atoms with Gasteiger partial charge in [-0.15, -0.1) is 0 Å². The Kier molecular flexibility index (Phi) is 7.67. The third kappa shape index (κ3) is 5.93. The van der Waals surface area contributed by atoms with Crippen LogP contribution >= 0.6 is 23.4 Å². The molecule has 0 N–H and O–H groups in total. The topological polar surface area (TPSA) is 141 Å². The number of nitro groups is 1. The van der Waals surface area contributed by atoms with E-state index in [0.29, 0.717) is 33.5 Å². The van der Waals surface area contributed by atoms with E-state index in [1.165, 1.54) is 73.7 Å². The molecular weight excluding hydrogens is 556 g/mol. The van der Waals surface area contributed by atoms with Crippen molar-refractivity contribution in [2.75, 3.05) is 6.54 Å². The zero-order valence-corrected chi connectivity index (χ0v) is 21.9. The maximum atomic E-state index is 12.7. The van der Waals surface area contributed by atoms with Crippen molar-refractivity contribution in [3.63, 3.8) is 0 Å². The lowest BCUT2D eigenvalue weighted by Gasteiger charge is -2.11. The number of amides is 2. The zero-order chi connectivity index (χ0) is 27.6. The van der Waals surface area contributed by atoms with Gasteiger partial charge in [0.25, 0.3) is 16.8 Å². The minimum Gasteiger partial charge on any atom is -0.379 e. The highest BCUT2D eigenvalue weighted by Crippen LogP contribution is 2.33. The number of nitrogens with zero attached hydrogens (tertiary/aromatic N) is 2. The minimum absolute atomic E-state index is 0.0629. The van der Waals surface area contributed by atoms with Gasteiger partial charge in [-0.25, -0.2) is 0 Å². The van der Waals surface area contributed by atoms with E-state index in [4.69, 9.17) is 15.8 Å². The second-order valence-corrected chi connectivity index (χ2v) is 11.0. The van der Waals surface area contributed by atoms with E-state index in [-0.39, 0.29) is 21.2 Å². The zero-order valence-electron chi connectivity index (χ0n) is 19.5. The van der Waals surface area contributed by atoms with E-state index < -0.39 is 38.5 Å². The number of aryl methyl sites for hydroxylation is 1. The third-order valence-electron chi connectivity index (χ3n) is 5.39. The van der Waals surface area contributed by atoms with Gasteiger partial charge in [0.15, 0.2) is 5.78 Å². The maximum Gasteiger partial charge on any atom is 0.339 e. The van der Waals surface area contributed by atoms with Gasteiger partial charge in [0.05, 0.1) is 16.4 Å². The number of thioether (sulfide) groups is 1. The van der Waals surface area contributed by atoms with Crippen LogP contribution in [-0.2, 0) is 14.9 Å². The Morgan fingerprint density at radius 2 is 1.74 bits per heavy atom. The first kappa shape index (κ1) is 27.0. The number of imide groups is 1. The molecule has 1 heterocycles. The highest BCUT2D eigenvalue weighted by atomic mass is 35.5. The van der Waals surface area contributed by atoms with Crippen LogP contribution in [0.5, 0.6) is 5.75 Å². The first-order chi connectivity index (χ1) is 17.9. The van der Waals surface area contributed by atoms with Crippen molar-refractivity contribution in [1.29, 1.82) is 0 Å². The van der Waals surface area contributed by atoms with Gasteiger partial charge in [0, 0.05) is 22.2 Å². The summed E-state index contributed by atoms with van der Waals surface area (Å²) in [4.78, 5) is 48.6. The third-order valence-corrected chi connectivity index (χ3v) is 7.79. The van der Waals surface area contributed by atoms with Crippen LogP contribution in [0.1, 0.15) is 21.5 Å². The highest BCUT2D eigenvalue weighted by molar-refractivity contribution is 8.18. The molecule has 13 heteroatoms. The Morgan fingerprint density at radius 3 is 2.37 bits per heavy atom. The summed E-state index contributed by atoms with van der Waals surface area (Å²) in [5.74, 6) is -1.12. The number of benzene rings is 3. The summed E-state index contributed by atoms with van der Waals surface area (Å²) in [7, 11) is -4.35. The SMILES string of the molecule is Cc1ccc(S(=O)(=O)Oc2ccc(/C=C3\SC(=O)N(CC(=O)c4ccc(Cl)cc4)C3=O)cc2)cc1[N+](=O)[O-]. The molecule has 3 aromatic rings. The molecule has 0 unspecified atom stereocenters. The predicted molar refractivity (Wildman–Crippen MR) is 141 cm³/mol. The van der Waals surface area contributed by atoms with E-state index in [9.17, 15) is 32.9 Å². The van der Waals surface area contributed by atoms with Gasteiger partial charge in [-0.3, -0.25) is 29.4 Å². The number of Topliss-reactive ketones (excluding diaryl/α,β-unsaturated/α-hetero) is 1. The van der Waals surface area contributed by atoms with Gasteiger partial charge in [-0.05, 0) is 72.8 Å². The smallest absolute Gasteiger partial charge is 0.339 e. The van der Waals surface area contributed by atoms with Crippen molar-refractivity contribution >= 4 is 62.2 Å². The van der Waals surface area contributed by atoms with Gasteiger partial charge in [-0.2, -0.15) is 8.42 Å². The maximum absolute atomic E-state index is 12.7. The van der Waals surface area contributed by atoms with Gasteiger partial charge in [0.2, 0.25) is 0 Å². The van der Waals surface area contributed by atoms with Crippen LogP contribution in [0.2, 0.25) is 5.02 Å². The molecule has 0 saturated carbocycles. The molecule has 0 radical (unpaired) electrons. The van der Waals surface area contributed by atoms with E-state index >= 15 is 0 Å². The van der Waals surface area contributed by atoms with Gasteiger partial charge in [-0.1, -0.05) is 29.8 Å². The van der Waals surface area contributed by atoms with Crippen molar-refractivity contribution in [3.8, 4) is 5.75 Å². The largest absolute Gasteiger partial charge is 0.379 e. The lowest BCUT2D eigenvalue weighted by molar-refractivity contribution is -0.385. The summed E-state index contributed by atoms with van der Waals surface area (Å²) in [5.41, 5.74) is 0.726. The van der Waals surface area contributed by atoms with Crippen molar-refractivity contribution in [1.82, 2.24) is 4.90 Å². The van der Waals surface area contributed by atoms with E-state index in [1.807, 2.05) is 0 Å². The van der Waals surface area contributed by atoms with Crippen molar-refractivity contribution in [2.24, 2.45) is 0 Å². The Morgan fingerprint density at radius 1 is 1.08 bits per heavy atom. The summed E-state index contributed by atoms with van der Waals surface area (Å²) >= 11 is 6.49. The number of halogens is 1. The molecule has 38 heavy (non-hydrogen) atoms. The van der Waals surface area contributed by atoms with E-state index in [2.05, 4.69) is 0 Å². The Balaban J connectivity index is 1.46. The van der Waals surface area contributed by atoms with Crippen molar-refractivity contribution in [2.45, 2.75) is 11.8 Å². The molecule has 194 valence electrons. The normalized spacial score (nSPS) is 14.7. The molecular formula is C25H17ClN2O8S2. The van der Waals surface area contributed by atoms with Crippen LogP contribution in [0.4, 0.5) is 10.5 Å². The second-order valence-electron chi connectivity index (χ2n) is 8.01. The van der Waals surface area contributed by atoms with E-state index in [1.54, 1.807) is 0 Å². The minimum atomic E-state index is -4.35. The quantitative estimate of drug-likeness (QED) is 0.116. The number of rotatable bonds is 8. The molecule has 1 aliphatic heterocycles. The van der Waals surface area contributed by atoms with Crippen LogP contribution in [0.3, 0.4) is 0 Å². The molecule has 0 aliphatic carbocycles. The number of carbonyl (C=O) groups is 3. The molecule has 1 aliphatic rings. The fraction of sp³-hybridized carbons (Fsp3) is 0.0800. The number of carbonyl (C=O) groups excluding carboxylic acids is 3. The summed E-state index contributed by atoms with van der Waals surface area (Å²) in [6.07, 6.45) is 1.43. The Bertz CT molecular complexity index is 1600. The first-order valence-corrected chi connectivity index (χ1v) is 13.4. The number of hydrogen-bond donors (Lipinski definition) is 0. The number of hydrogen-bond acceptors (Lipinski definition) is 9. The molecule has 4 rings (SSSR count). The van der Waals surface area contributed by atoms with Gasteiger partial charge >= 0.3 is 10.1 Å². The molecule has 2 amide bonds. The molecule has 10 nitrogen and oxygen atoms in total. The molecule has 0 bridgehead atoms. The lowest BCUT2D eigenvalue weighted by Crippen LogP contribution is -2.33. The standard InChI is InChI=1S/C25H17ClN2O8S2/c1-15-2-11-20(13-21(15)28(32)33)38(34,35)36-19-9-3-16(4-10-19)12-23-24(30)27(25(31)37-23)14-22(29)17-5-7-18(26)8-6-17/h2-13H,14H2,1H3/b23-12-. The lowest BCUT2D eigenvalue weighted by atomic mass is 10.1. The van der Waals surface area contributed by atoms with Gasteiger partial charge < -0.3 is 4.18 Å². The van der Waals surface area contributed by atoms with Crippen LogP contribution in [0.25, 0.3) is 6.08 Å². The molecule has 0 atom stereocenters.